The van der Waals surface area contributed by atoms with Crippen molar-refractivity contribution in [2.24, 2.45) is 0 Å². The molecular formula is C26H28N2O6. The summed E-state index contributed by atoms with van der Waals surface area (Å²) in [6.45, 7) is 3.77. The van der Waals surface area contributed by atoms with Crippen LogP contribution in [0, 0.1) is 13.8 Å². The second-order valence-corrected chi connectivity index (χ2v) is 8.44. The summed E-state index contributed by atoms with van der Waals surface area (Å²) in [6.07, 6.45) is 2.21. The normalized spacial score (nSPS) is 12.9. The zero-order valence-electron chi connectivity index (χ0n) is 19.3. The van der Waals surface area contributed by atoms with Crippen LogP contribution in [0.15, 0.2) is 52.9 Å². The van der Waals surface area contributed by atoms with Crippen LogP contribution in [0.25, 0.3) is 0 Å². The first-order chi connectivity index (χ1) is 16.4. The van der Waals surface area contributed by atoms with Gasteiger partial charge in [0, 0.05) is 19.9 Å². The highest BCUT2D eigenvalue weighted by Crippen LogP contribution is 2.41. The van der Waals surface area contributed by atoms with Crippen LogP contribution >= 0.6 is 0 Å². The van der Waals surface area contributed by atoms with Gasteiger partial charge in [0.05, 0.1) is 12.3 Å². The van der Waals surface area contributed by atoms with E-state index in [4.69, 9.17) is 13.9 Å². The molecule has 0 unspecified atom stereocenters. The molecule has 178 valence electrons. The first-order valence-corrected chi connectivity index (χ1v) is 11.3. The second-order valence-electron chi connectivity index (χ2n) is 8.44. The number of hydrogen-bond donors (Lipinski definition) is 1. The van der Waals surface area contributed by atoms with E-state index in [0.29, 0.717) is 36.3 Å². The third-order valence-corrected chi connectivity index (χ3v) is 5.60. The van der Waals surface area contributed by atoms with Crippen LogP contribution in [-0.2, 0) is 17.8 Å². The zero-order valence-corrected chi connectivity index (χ0v) is 19.3. The van der Waals surface area contributed by atoms with Crippen LogP contribution in [0.5, 0.6) is 11.5 Å². The molecular weight excluding hydrogens is 436 g/mol. The van der Waals surface area contributed by atoms with Gasteiger partial charge in [0.1, 0.15) is 23.8 Å². The number of aromatic nitrogens is 1. The molecule has 34 heavy (non-hydrogen) atoms. The number of ether oxygens (including phenoxy) is 2. The number of rotatable bonds is 10. The van der Waals surface area contributed by atoms with Gasteiger partial charge in [-0.2, -0.15) is 0 Å². The SMILES string of the molecule is Cc1nc(CCOc2ccc(CN(CC(=O)O)C(=O)Oc3cccc(C4CC4)c3)cc2)c(C)o1. The Morgan fingerprint density at radius 3 is 2.53 bits per heavy atom. The van der Waals surface area contributed by atoms with Crippen LogP contribution < -0.4 is 9.47 Å². The van der Waals surface area contributed by atoms with Gasteiger partial charge in [0.15, 0.2) is 5.89 Å². The number of oxazole rings is 1. The van der Waals surface area contributed by atoms with Gasteiger partial charge in [-0.05, 0) is 61.1 Å². The molecule has 4 rings (SSSR count). The molecule has 8 heteroatoms. The highest BCUT2D eigenvalue weighted by atomic mass is 16.6. The lowest BCUT2D eigenvalue weighted by Crippen LogP contribution is -2.37. The minimum absolute atomic E-state index is 0.102. The van der Waals surface area contributed by atoms with Gasteiger partial charge in [-0.25, -0.2) is 9.78 Å². The lowest BCUT2D eigenvalue weighted by molar-refractivity contribution is -0.138. The van der Waals surface area contributed by atoms with Crippen molar-refractivity contribution in [3.8, 4) is 11.5 Å². The van der Waals surface area contributed by atoms with E-state index in [9.17, 15) is 14.7 Å². The van der Waals surface area contributed by atoms with E-state index >= 15 is 0 Å². The molecule has 1 heterocycles. The fourth-order valence-electron chi connectivity index (χ4n) is 3.74. The predicted octanol–water partition coefficient (Wildman–Crippen LogP) is 4.88. The number of aryl methyl sites for hydroxylation is 2. The highest BCUT2D eigenvalue weighted by molar-refractivity contribution is 5.78. The van der Waals surface area contributed by atoms with Crippen LogP contribution in [-0.4, -0.2) is 40.2 Å². The molecule has 0 saturated heterocycles. The molecule has 3 aromatic rings. The van der Waals surface area contributed by atoms with E-state index in [2.05, 4.69) is 4.98 Å². The number of amides is 1. The van der Waals surface area contributed by atoms with Crippen molar-refractivity contribution in [3.63, 3.8) is 0 Å². The average Bonchev–Trinajstić information content (AvgIpc) is 3.59. The van der Waals surface area contributed by atoms with Crippen molar-refractivity contribution in [2.45, 2.75) is 45.6 Å². The molecule has 0 bridgehead atoms. The summed E-state index contributed by atoms with van der Waals surface area (Å²) in [4.78, 5) is 29.6. The van der Waals surface area contributed by atoms with Crippen molar-refractivity contribution >= 4 is 12.1 Å². The number of aliphatic carboxylic acids is 1. The van der Waals surface area contributed by atoms with E-state index in [1.165, 1.54) is 0 Å². The Hall–Kier alpha value is -3.81. The maximum absolute atomic E-state index is 12.7. The van der Waals surface area contributed by atoms with E-state index in [0.717, 1.165) is 40.3 Å². The fourth-order valence-corrected chi connectivity index (χ4v) is 3.74. The van der Waals surface area contributed by atoms with Crippen LogP contribution in [0.1, 0.15) is 47.2 Å². The summed E-state index contributed by atoms with van der Waals surface area (Å²) < 4.78 is 16.7. The minimum Gasteiger partial charge on any atom is -0.493 e. The topological polar surface area (TPSA) is 102 Å². The Kier molecular flexibility index (Phi) is 7.15. The molecule has 1 aromatic heterocycles. The van der Waals surface area contributed by atoms with Crippen LogP contribution in [0.4, 0.5) is 4.79 Å². The van der Waals surface area contributed by atoms with Gasteiger partial charge in [-0.3, -0.25) is 9.69 Å². The summed E-state index contributed by atoms with van der Waals surface area (Å²) in [7, 11) is 0. The number of benzene rings is 2. The van der Waals surface area contributed by atoms with E-state index in [1.807, 2.05) is 32.0 Å². The van der Waals surface area contributed by atoms with E-state index < -0.39 is 18.6 Å². The number of nitrogens with zero attached hydrogens (tertiary/aromatic N) is 2. The first kappa shape index (κ1) is 23.4. The zero-order chi connectivity index (χ0) is 24.1. The van der Waals surface area contributed by atoms with E-state index in [-0.39, 0.29) is 6.54 Å². The second kappa shape index (κ2) is 10.4. The summed E-state index contributed by atoms with van der Waals surface area (Å²) in [5.74, 6) is 1.94. The maximum Gasteiger partial charge on any atom is 0.416 e. The first-order valence-electron chi connectivity index (χ1n) is 11.3. The third-order valence-electron chi connectivity index (χ3n) is 5.60. The van der Waals surface area contributed by atoms with Crippen LogP contribution in [0.2, 0.25) is 0 Å². The average molecular weight is 465 g/mol. The summed E-state index contributed by atoms with van der Waals surface area (Å²) in [5, 5.41) is 9.28. The summed E-state index contributed by atoms with van der Waals surface area (Å²) in [6, 6.07) is 14.6. The molecule has 1 aliphatic carbocycles. The van der Waals surface area contributed by atoms with E-state index in [1.54, 1.807) is 30.3 Å². The molecule has 1 saturated carbocycles. The molecule has 0 spiro atoms. The van der Waals surface area contributed by atoms with Crippen molar-refractivity contribution in [1.82, 2.24) is 9.88 Å². The molecule has 0 radical (unpaired) electrons. The third kappa shape index (κ3) is 6.37. The molecule has 1 N–H and O–H groups in total. The van der Waals surface area contributed by atoms with Crippen molar-refractivity contribution < 1.29 is 28.6 Å². The van der Waals surface area contributed by atoms with Crippen molar-refractivity contribution in [3.05, 3.63) is 77.0 Å². The molecule has 8 nitrogen and oxygen atoms in total. The van der Waals surface area contributed by atoms with Gasteiger partial charge in [0.2, 0.25) is 0 Å². The Morgan fingerprint density at radius 1 is 1.12 bits per heavy atom. The van der Waals surface area contributed by atoms with Gasteiger partial charge >= 0.3 is 12.1 Å². The molecule has 1 amide bonds. The fraction of sp³-hybridized carbons (Fsp3) is 0.346. The van der Waals surface area contributed by atoms with Crippen LogP contribution in [0.3, 0.4) is 0 Å². The predicted molar refractivity (Wildman–Crippen MR) is 124 cm³/mol. The Morgan fingerprint density at radius 2 is 1.88 bits per heavy atom. The smallest absolute Gasteiger partial charge is 0.416 e. The Balaban J connectivity index is 1.33. The molecule has 2 aromatic carbocycles. The maximum atomic E-state index is 12.7. The quantitative estimate of drug-likeness (QED) is 0.456. The molecule has 1 fully saturated rings. The number of hydrogen-bond acceptors (Lipinski definition) is 6. The van der Waals surface area contributed by atoms with Gasteiger partial charge in [-0.15, -0.1) is 0 Å². The Bertz CT molecular complexity index is 1150. The summed E-state index contributed by atoms with van der Waals surface area (Å²) in [5.41, 5.74) is 2.78. The monoisotopic (exact) mass is 464 g/mol. The van der Waals surface area contributed by atoms with Crippen molar-refractivity contribution in [1.29, 1.82) is 0 Å². The lowest BCUT2D eigenvalue weighted by atomic mass is 10.1. The van der Waals surface area contributed by atoms with Gasteiger partial charge in [-0.1, -0.05) is 24.3 Å². The standard InChI is InChI=1S/C26H28N2O6/c1-17-24(27-18(2)33-17)12-13-32-22-10-6-19(7-11-22)15-28(16-25(29)30)26(31)34-23-5-3-4-21(14-23)20-8-9-20/h3-7,10-11,14,20H,8-9,12-13,15-16H2,1-2H3,(H,29,30). The number of carboxylic acid groups (broad SMARTS) is 1. The molecule has 0 atom stereocenters. The Labute approximate surface area is 198 Å². The number of carbonyl (C=O) groups excluding carboxylic acids is 1. The molecule has 1 aliphatic rings. The van der Waals surface area contributed by atoms with Gasteiger partial charge < -0.3 is 19.0 Å². The number of carbonyl (C=O) groups is 2. The lowest BCUT2D eigenvalue weighted by Gasteiger charge is -2.20. The number of carboxylic acids is 1. The van der Waals surface area contributed by atoms with Gasteiger partial charge in [0.25, 0.3) is 0 Å². The minimum atomic E-state index is -1.11. The molecule has 0 aliphatic heterocycles. The highest BCUT2D eigenvalue weighted by Gasteiger charge is 2.24. The largest absolute Gasteiger partial charge is 0.493 e. The van der Waals surface area contributed by atoms with Crippen molar-refractivity contribution in [2.75, 3.05) is 13.2 Å². The summed E-state index contributed by atoms with van der Waals surface area (Å²) >= 11 is 0.